The third-order valence-corrected chi connectivity index (χ3v) is 2.73. The van der Waals surface area contributed by atoms with Crippen molar-refractivity contribution in [2.24, 2.45) is 0 Å². The first-order valence-electron chi connectivity index (χ1n) is 5.73. The number of hydrogen-bond acceptors (Lipinski definition) is 5. The molecule has 6 nitrogen and oxygen atoms in total. The Balaban J connectivity index is 2.56. The number of halogens is 1. The molecule has 0 atom stereocenters. The Morgan fingerprint density at radius 3 is 2.65 bits per heavy atom. The summed E-state index contributed by atoms with van der Waals surface area (Å²) in [6.45, 7) is 0. The molecule has 0 unspecified atom stereocenters. The normalized spacial score (nSPS) is 10.2. The van der Waals surface area contributed by atoms with Gasteiger partial charge in [-0.3, -0.25) is 10.1 Å². The number of pyridine rings is 1. The van der Waals surface area contributed by atoms with Crippen molar-refractivity contribution in [3.8, 4) is 17.0 Å². The molecule has 0 saturated carbocycles. The van der Waals surface area contributed by atoms with Gasteiger partial charge >= 0.3 is 0 Å². The number of nitro groups is 1. The second-order valence-corrected chi connectivity index (χ2v) is 3.95. The highest BCUT2D eigenvalue weighted by molar-refractivity contribution is 5.66. The van der Waals surface area contributed by atoms with Crippen molar-refractivity contribution in [3.63, 3.8) is 0 Å². The molecule has 0 aliphatic heterocycles. The number of hydrogen-bond donors (Lipinski definition) is 1. The van der Waals surface area contributed by atoms with Crippen molar-refractivity contribution in [2.45, 2.75) is 0 Å². The molecule has 1 N–H and O–H groups in total. The first kappa shape index (κ1) is 13.7. The van der Waals surface area contributed by atoms with E-state index in [1.165, 1.54) is 31.4 Å². The molecule has 2 aromatic rings. The molecule has 0 radical (unpaired) electrons. The standard InChI is InChI=1S/C13H12FN3O3/c1-15-13-6-8(17(18)19)5-12(16-13)10-4-3-9(20-2)7-11(10)14/h3-7H,1-2H3,(H,15,16). The monoisotopic (exact) mass is 277 g/mol. The molecule has 2 rings (SSSR count). The Hall–Kier alpha value is -2.70. The third kappa shape index (κ3) is 2.66. The molecule has 1 heterocycles. The van der Waals surface area contributed by atoms with Crippen LogP contribution in [-0.4, -0.2) is 24.1 Å². The van der Waals surface area contributed by atoms with Crippen LogP contribution in [0.1, 0.15) is 0 Å². The summed E-state index contributed by atoms with van der Waals surface area (Å²) in [7, 11) is 3.01. The largest absolute Gasteiger partial charge is 0.497 e. The van der Waals surface area contributed by atoms with Gasteiger partial charge in [0.05, 0.1) is 23.8 Å². The van der Waals surface area contributed by atoms with Crippen molar-refractivity contribution < 1.29 is 14.1 Å². The van der Waals surface area contributed by atoms with Crippen molar-refractivity contribution in [3.05, 3.63) is 46.3 Å². The van der Waals surface area contributed by atoms with Gasteiger partial charge in [0.25, 0.3) is 5.69 Å². The molecule has 0 amide bonds. The maximum absolute atomic E-state index is 14.0. The van der Waals surface area contributed by atoms with Crippen molar-refractivity contribution in [2.75, 3.05) is 19.5 Å². The van der Waals surface area contributed by atoms with Crippen LogP contribution in [0.3, 0.4) is 0 Å². The van der Waals surface area contributed by atoms with Gasteiger partial charge in [-0.1, -0.05) is 0 Å². The predicted octanol–water partition coefficient (Wildman–Crippen LogP) is 2.85. The molecule has 7 heteroatoms. The number of anilines is 1. The quantitative estimate of drug-likeness (QED) is 0.686. The Bertz CT molecular complexity index is 661. The summed E-state index contributed by atoms with van der Waals surface area (Å²) in [5.41, 5.74) is 0.198. The lowest BCUT2D eigenvalue weighted by atomic mass is 10.1. The van der Waals surface area contributed by atoms with Gasteiger partial charge < -0.3 is 10.1 Å². The fourth-order valence-electron chi connectivity index (χ4n) is 1.72. The van der Waals surface area contributed by atoms with Gasteiger partial charge in [-0.25, -0.2) is 9.37 Å². The zero-order chi connectivity index (χ0) is 14.7. The fourth-order valence-corrected chi connectivity index (χ4v) is 1.72. The van der Waals surface area contributed by atoms with Crippen molar-refractivity contribution in [1.82, 2.24) is 4.98 Å². The molecule has 0 aliphatic carbocycles. The second-order valence-electron chi connectivity index (χ2n) is 3.95. The van der Waals surface area contributed by atoms with Crippen LogP contribution in [0.2, 0.25) is 0 Å². The van der Waals surface area contributed by atoms with E-state index in [4.69, 9.17) is 4.74 Å². The van der Waals surface area contributed by atoms with Gasteiger partial charge in [-0.2, -0.15) is 0 Å². The van der Waals surface area contributed by atoms with Crippen LogP contribution in [0, 0.1) is 15.9 Å². The minimum absolute atomic E-state index is 0.158. The van der Waals surface area contributed by atoms with Crippen LogP contribution in [0.25, 0.3) is 11.3 Å². The number of benzene rings is 1. The lowest BCUT2D eigenvalue weighted by Crippen LogP contribution is -1.98. The number of ether oxygens (including phenoxy) is 1. The Kier molecular flexibility index (Phi) is 3.79. The zero-order valence-electron chi connectivity index (χ0n) is 10.9. The van der Waals surface area contributed by atoms with Crippen LogP contribution in [0.4, 0.5) is 15.9 Å². The van der Waals surface area contributed by atoms with Gasteiger partial charge in [0.1, 0.15) is 17.4 Å². The topological polar surface area (TPSA) is 77.3 Å². The van der Waals surface area contributed by atoms with Crippen LogP contribution in [-0.2, 0) is 0 Å². The summed E-state index contributed by atoms with van der Waals surface area (Å²) < 4.78 is 18.9. The molecular weight excluding hydrogens is 265 g/mol. The SMILES string of the molecule is CNc1cc([N+](=O)[O-])cc(-c2ccc(OC)cc2F)n1. The number of methoxy groups -OCH3 is 1. The number of nitrogens with zero attached hydrogens (tertiary/aromatic N) is 2. The molecular formula is C13H12FN3O3. The van der Waals surface area contributed by atoms with Crippen molar-refractivity contribution >= 4 is 11.5 Å². The molecule has 0 aliphatic rings. The van der Waals surface area contributed by atoms with E-state index in [-0.39, 0.29) is 16.9 Å². The number of nitrogens with one attached hydrogen (secondary N) is 1. The smallest absolute Gasteiger partial charge is 0.275 e. The minimum atomic E-state index is -0.556. The molecule has 0 spiro atoms. The maximum atomic E-state index is 14.0. The van der Waals surface area contributed by atoms with E-state index in [1.54, 1.807) is 13.1 Å². The zero-order valence-corrected chi connectivity index (χ0v) is 10.9. The first-order valence-corrected chi connectivity index (χ1v) is 5.73. The van der Waals surface area contributed by atoms with E-state index in [2.05, 4.69) is 10.3 Å². The average molecular weight is 277 g/mol. The molecule has 0 saturated heterocycles. The minimum Gasteiger partial charge on any atom is -0.497 e. The highest BCUT2D eigenvalue weighted by atomic mass is 19.1. The van der Waals surface area contributed by atoms with Gasteiger partial charge in [0.15, 0.2) is 0 Å². The lowest BCUT2D eigenvalue weighted by molar-refractivity contribution is -0.384. The Morgan fingerprint density at radius 1 is 1.35 bits per heavy atom. The lowest BCUT2D eigenvalue weighted by Gasteiger charge is -2.07. The Morgan fingerprint density at radius 2 is 2.10 bits per heavy atom. The van der Waals surface area contributed by atoms with Crippen LogP contribution in [0.5, 0.6) is 5.75 Å². The molecule has 0 bridgehead atoms. The van der Waals surface area contributed by atoms with E-state index in [0.717, 1.165) is 0 Å². The average Bonchev–Trinajstić information content (AvgIpc) is 2.46. The summed E-state index contributed by atoms with van der Waals surface area (Å²) in [4.78, 5) is 14.5. The van der Waals surface area contributed by atoms with Gasteiger partial charge in [0.2, 0.25) is 0 Å². The third-order valence-electron chi connectivity index (χ3n) is 2.73. The van der Waals surface area contributed by atoms with E-state index in [0.29, 0.717) is 11.6 Å². The van der Waals surface area contributed by atoms with E-state index >= 15 is 0 Å². The summed E-state index contributed by atoms with van der Waals surface area (Å²) in [5.74, 6) is 0.106. The van der Waals surface area contributed by atoms with Gasteiger partial charge in [-0.05, 0) is 12.1 Å². The predicted molar refractivity (Wildman–Crippen MR) is 72.4 cm³/mol. The Labute approximate surface area is 114 Å². The number of rotatable bonds is 4. The highest BCUT2D eigenvalue weighted by Gasteiger charge is 2.15. The van der Waals surface area contributed by atoms with E-state index < -0.39 is 10.7 Å². The van der Waals surface area contributed by atoms with Crippen LogP contribution >= 0.6 is 0 Å². The van der Waals surface area contributed by atoms with E-state index in [1.807, 2.05) is 0 Å². The highest BCUT2D eigenvalue weighted by Crippen LogP contribution is 2.29. The molecule has 104 valence electrons. The summed E-state index contributed by atoms with van der Waals surface area (Å²) in [6.07, 6.45) is 0. The van der Waals surface area contributed by atoms with Crippen LogP contribution in [0.15, 0.2) is 30.3 Å². The maximum Gasteiger partial charge on any atom is 0.275 e. The van der Waals surface area contributed by atoms with E-state index in [9.17, 15) is 14.5 Å². The molecule has 20 heavy (non-hydrogen) atoms. The fraction of sp³-hybridized carbons (Fsp3) is 0.154. The molecule has 1 aromatic heterocycles. The van der Waals surface area contributed by atoms with Gasteiger partial charge in [-0.15, -0.1) is 0 Å². The van der Waals surface area contributed by atoms with Crippen LogP contribution < -0.4 is 10.1 Å². The summed E-state index contributed by atoms with van der Waals surface area (Å²) in [5, 5.41) is 13.6. The number of aromatic nitrogens is 1. The van der Waals surface area contributed by atoms with Gasteiger partial charge in [0, 0.05) is 24.7 Å². The molecule has 0 fully saturated rings. The van der Waals surface area contributed by atoms with Crippen molar-refractivity contribution in [1.29, 1.82) is 0 Å². The first-order chi connectivity index (χ1) is 9.55. The summed E-state index contributed by atoms with van der Waals surface area (Å²) in [6, 6.07) is 6.75. The molecule has 1 aromatic carbocycles. The summed E-state index contributed by atoms with van der Waals surface area (Å²) >= 11 is 0. The second kappa shape index (κ2) is 5.52.